The molecule has 4 nitrogen and oxygen atoms in total. The molecule has 3 aromatic heterocycles. The number of pyridine rings is 1. The van der Waals surface area contributed by atoms with Crippen LogP contribution in [-0.2, 0) is 0 Å². The summed E-state index contributed by atoms with van der Waals surface area (Å²) in [5, 5.41) is 13.7. The third-order valence-corrected chi connectivity index (χ3v) is 5.01. The molecular formula is C13H14N4S2. The molecule has 0 spiro atoms. The van der Waals surface area contributed by atoms with Crippen molar-refractivity contribution in [2.45, 2.75) is 23.4 Å². The Morgan fingerprint density at radius 1 is 1.32 bits per heavy atom. The van der Waals surface area contributed by atoms with Crippen molar-refractivity contribution in [1.29, 1.82) is 0 Å². The molecule has 0 saturated heterocycles. The van der Waals surface area contributed by atoms with Gasteiger partial charge in [-0.1, -0.05) is 17.8 Å². The number of hydrogen-bond donors (Lipinski definition) is 1. The Kier molecular flexibility index (Phi) is 3.54. The second-order valence-corrected chi connectivity index (χ2v) is 6.25. The Hall–Kier alpha value is -1.37. The van der Waals surface area contributed by atoms with Crippen LogP contribution in [0.3, 0.4) is 0 Å². The highest BCUT2D eigenvalue weighted by Gasteiger charge is 2.20. The van der Waals surface area contributed by atoms with Crippen molar-refractivity contribution in [2.75, 3.05) is 0 Å². The van der Waals surface area contributed by atoms with Crippen molar-refractivity contribution in [2.24, 2.45) is 5.73 Å². The number of aromatic nitrogens is 3. The molecule has 0 fully saturated rings. The van der Waals surface area contributed by atoms with Crippen LogP contribution in [-0.4, -0.2) is 20.6 Å². The lowest BCUT2D eigenvalue weighted by Crippen LogP contribution is -2.22. The third-order valence-electron chi connectivity index (χ3n) is 2.86. The van der Waals surface area contributed by atoms with E-state index in [-0.39, 0.29) is 11.3 Å². The van der Waals surface area contributed by atoms with Gasteiger partial charge in [-0.2, -0.15) is 11.3 Å². The Morgan fingerprint density at radius 3 is 2.95 bits per heavy atom. The smallest absolute Gasteiger partial charge is 0.196 e. The van der Waals surface area contributed by atoms with Gasteiger partial charge in [0.1, 0.15) is 0 Å². The van der Waals surface area contributed by atoms with Crippen LogP contribution in [0.5, 0.6) is 0 Å². The molecular weight excluding hydrogens is 276 g/mol. The number of thioether (sulfide) groups is 1. The van der Waals surface area contributed by atoms with Crippen LogP contribution in [0.4, 0.5) is 0 Å². The first kappa shape index (κ1) is 12.7. The molecule has 19 heavy (non-hydrogen) atoms. The lowest BCUT2D eigenvalue weighted by atomic mass is 10.1. The highest BCUT2D eigenvalue weighted by atomic mass is 32.2. The minimum Gasteiger partial charge on any atom is -0.327 e. The fourth-order valence-electron chi connectivity index (χ4n) is 1.93. The van der Waals surface area contributed by atoms with Gasteiger partial charge in [0.25, 0.3) is 0 Å². The minimum absolute atomic E-state index is 0.0515. The van der Waals surface area contributed by atoms with Crippen molar-refractivity contribution in [3.63, 3.8) is 0 Å². The van der Waals surface area contributed by atoms with Crippen molar-refractivity contribution in [3.8, 4) is 0 Å². The molecule has 3 heterocycles. The van der Waals surface area contributed by atoms with Crippen LogP contribution in [0, 0.1) is 0 Å². The summed E-state index contributed by atoms with van der Waals surface area (Å²) in [7, 11) is 0. The number of nitrogens with two attached hydrogens (primary N) is 1. The molecule has 0 amide bonds. The maximum atomic E-state index is 6.11. The summed E-state index contributed by atoms with van der Waals surface area (Å²) in [6.07, 6.45) is 1.98. The van der Waals surface area contributed by atoms with Gasteiger partial charge in [-0.25, -0.2) is 0 Å². The van der Waals surface area contributed by atoms with Gasteiger partial charge in [-0.15, -0.1) is 10.2 Å². The van der Waals surface area contributed by atoms with Gasteiger partial charge in [-0.05, 0) is 41.4 Å². The normalized spacial score (nSPS) is 14.6. The summed E-state index contributed by atoms with van der Waals surface area (Å²) in [5.41, 5.74) is 8.22. The highest BCUT2D eigenvalue weighted by Crippen LogP contribution is 2.37. The van der Waals surface area contributed by atoms with Gasteiger partial charge in [-0.3, -0.25) is 4.40 Å². The van der Waals surface area contributed by atoms with E-state index in [1.54, 1.807) is 23.1 Å². The minimum atomic E-state index is 0.0515. The van der Waals surface area contributed by atoms with Crippen LogP contribution in [0.1, 0.15) is 17.7 Å². The predicted molar refractivity (Wildman–Crippen MR) is 79.6 cm³/mol. The van der Waals surface area contributed by atoms with E-state index in [1.807, 2.05) is 35.7 Å². The van der Waals surface area contributed by atoms with Crippen LogP contribution >= 0.6 is 23.1 Å². The van der Waals surface area contributed by atoms with Crippen LogP contribution in [0.25, 0.3) is 5.65 Å². The summed E-state index contributed by atoms with van der Waals surface area (Å²) < 4.78 is 1.99. The van der Waals surface area contributed by atoms with Gasteiger partial charge >= 0.3 is 0 Å². The van der Waals surface area contributed by atoms with Gasteiger partial charge in [0.2, 0.25) is 0 Å². The van der Waals surface area contributed by atoms with Crippen LogP contribution in [0.15, 0.2) is 46.4 Å². The standard InChI is InChI=1S/C13H14N4S2/c1-9(14)12(10-5-7-18-8-10)19-13-16-15-11-4-2-3-6-17(11)13/h2-9,12H,14H2,1H3. The highest BCUT2D eigenvalue weighted by molar-refractivity contribution is 7.99. The zero-order valence-corrected chi connectivity index (χ0v) is 12.1. The Morgan fingerprint density at radius 2 is 2.21 bits per heavy atom. The van der Waals surface area contributed by atoms with Gasteiger partial charge in [0.15, 0.2) is 10.8 Å². The van der Waals surface area contributed by atoms with Crippen molar-refractivity contribution >= 4 is 28.7 Å². The number of nitrogens with zero attached hydrogens (tertiary/aromatic N) is 3. The van der Waals surface area contributed by atoms with Gasteiger partial charge in [0, 0.05) is 12.2 Å². The number of hydrogen-bond acceptors (Lipinski definition) is 5. The second kappa shape index (κ2) is 5.32. The van der Waals surface area contributed by atoms with Crippen molar-refractivity contribution in [1.82, 2.24) is 14.6 Å². The Bertz CT molecular complexity index is 660. The summed E-state index contributed by atoms with van der Waals surface area (Å²) in [6.45, 7) is 2.03. The average Bonchev–Trinajstić information content (AvgIpc) is 3.05. The topological polar surface area (TPSA) is 56.2 Å². The molecule has 6 heteroatoms. The third kappa shape index (κ3) is 2.51. The quantitative estimate of drug-likeness (QED) is 0.751. The van der Waals surface area contributed by atoms with Crippen LogP contribution < -0.4 is 5.73 Å². The average molecular weight is 290 g/mol. The molecule has 0 aliphatic rings. The van der Waals surface area contributed by atoms with E-state index in [0.717, 1.165) is 10.8 Å². The van der Waals surface area contributed by atoms with E-state index < -0.39 is 0 Å². The van der Waals surface area contributed by atoms with Crippen molar-refractivity contribution < 1.29 is 0 Å². The maximum absolute atomic E-state index is 6.11. The molecule has 98 valence electrons. The van der Waals surface area contributed by atoms with E-state index in [0.29, 0.717) is 0 Å². The first-order valence-corrected chi connectivity index (χ1v) is 7.82. The fourth-order valence-corrected chi connectivity index (χ4v) is 3.79. The zero-order valence-electron chi connectivity index (χ0n) is 10.4. The number of rotatable bonds is 4. The lowest BCUT2D eigenvalue weighted by molar-refractivity contribution is 0.718. The van der Waals surface area contributed by atoms with Crippen molar-refractivity contribution in [3.05, 3.63) is 46.8 Å². The summed E-state index contributed by atoms with van der Waals surface area (Å²) in [4.78, 5) is 0. The molecule has 2 unspecified atom stereocenters. The van der Waals surface area contributed by atoms with E-state index in [1.165, 1.54) is 5.56 Å². The summed E-state index contributed by atoms with van der Waals surface area (Å²) >= 11 is 3.35. The molecule has 0 saturated carbocycles. The molecule has 3 rings (SSSR count). The summed E-state index contributed by atoms with van der Waals surface area (Å²) in [5.74, 6) is 0. The lowest BCUT2D eigenvalue weighted by Gasteiger charge is -2.18. The molecule has 3 aromatic rings. The van der Waals surface area contributed by atoms with Gasteiger partial charge < -0.3 is 5.73 Å². The first-order chi connectivity index (χ1) is 9.25. The van der Waals surface area contributed by atoms with E-state index in [4.69, 9.17) is 5.73 Å². The fraction of sp³-hybridized carbons (Fsp3) is 0.231. The van der Waals surface area contributed by atoms with E-state index in [2.05, 4.69) is 27.0 Å². The first-order valence-electron chi connectivity index (χ1n) is 6.00. The van der Waals surface area contributed by atoms with E-state index >= 15 is 0 Å². The number of thiophene rings is 1. The van der Waals surface area contributed by atoms with E-state index in [9.17, 15) is 0 Å². The van der Waals surface area contributed by atoms with Gasteiger partial charge in [0.05, 0.1) is 5.25 Å². The zero-order chi connectivity index (χ0) is 13.2. The largest absolute Gasteiger partial charge is 0.327 e. The second-order valence-electron chi connectivity index (χ2n) is 4.37. The van der Waals surface area contributed by atoms with Crippen LogP contribution in [0.2, 0.25) is 0 Å². The molecule has 2 atom stereocenters. The molecule has 0 aliphatic heterocycles. The Balaban J connectivity index is 1.94. The molecule has 0 aromatic carbocycles. The predicted octanol–water partition coefficient (Wildman–Crippen LogP) is 2.97. The molecule has 2 N–H and O–H groups in total. The molecule has 0 radical (unpaired) electrons. The molecule has 0 aliphatic carbocycles. The maximum Gasteiger partial charge on any atom is 0.196 e. The Labute approximate surface area is 119 Å². The monoisotopic (exact) mass is 290 g/mol. The SMILES string of the molecule is CC(N)C(Sc1nnc2ccccn12)c1ccsc1. The number of fused-ring (bicyclic) bond motifs is 1. The molecule has 0 bridgehead atoms. The summed E-state index contributed by atoms with van der Waals surface area (Å²) in [6, 6.07) is 8.06.